The third-order valence-electron chi connectivity index (χ3n) is 3.79. The molecule has 1 aromatic heterocycles. The zero-order valence-electron chi connectivity index (χ0n) is 11.3. The van der Waals surface area contributed by atoms with Gasteiger partial charge in [-0.3, -0.25) is 10.1 Å². The van der Waals surface area contributed by atoms with E-state index in [1.54, 1.807) is 0 Å². The summed E-state index contributed by atoms with van der Waals surface area (Å²) >= 11 is 0.753. The number of hydrogen-bond acceptors (Lipinski definition) is 6. The molecule has 112 valence electrons. The van der Waals surface area contributed by atoms with Crippen LogP contribution in [0, 0.1) is 16.0 Å². The quantitative estimate of drug-likeness (QED) is 0.677. The van der Waals surface area contributed by atoms with Crippen LogP contribution in [0.5, 0.6) is 0 Å². The largest absolute Gasteiger partial charge is 0.385 e. The topological polar surface area (TPSA) is 107 Å². The van der Waals surface area contributed by atoms with Crippen LogP contribution in [0.15, 0.2) is 10.3 Å². The number of thiophene rings is 1. The van der Waals surface area contributed by atoms with Crippen molar-refractivity contribution in [1.29, 1.82) is 0 Å². The molecule has 0 saturated carbocycles. The van der Waals surface area contributed by atoms with Gasteiger partial charge in [0.1, 0.15) is 4.21 Å². The van der Waals surface area contributed by atoms with E-state index in [0.717, 1.165) is 30.2 Å². The van der Waals surface area contributed by atoms with Crippen molar-refractivity contribution >= 4 is 32.0 Å². The molecular formula is C11H17N3O4S2. The summed E-state index contributed by atoms with van der Waals surface area (Å²) < 4.78 is 26.6. The minimum absolute atomic E-state index is 0.0531. The molecule has 1 aromatic rings. The summed E-state index contributed by atoms with van der Waals surface area (Å²) in [6.07, 6.45) is 1.79. The van der Waals surface area contributed by atoms with E-state index >= 15 is 0 Å². The van der Waals surface area contributed by atoms with E-state index in [9.17, 15) is 18.5 Å². The normalized spacial score (nSPS) is 24.7. The van der Waals surface area contributed by atoms with E-state index in [1.165, 1.54) is 4.31 Å². The molecule has 1 aliphatic heterocycles. The van der Waals surface area contributed by atoms with Crippen molar-refractivity contribution in [2.24, 2.45) is 5.92 Å². The van der Waals surface area contributed by atoms with Gasteiger partial charge < -0.3 is 5.73 Å². The highest BCUT2D eigenvalue weighted by Gasteiger charge is 2.36. The van der Waals surface area contributed by atoms with E-state index in [-0.39, 0.29) is 26.9 Å². The van der Waals surface area contributed by atoms with Crippen LogP contribution in [0.4, 0.5) is 10.7 Å². The Labute approximate surface area is 121 Å². The molecule has 2 N–H and O–H groups in total. The zero-order valence-corrected chi connectivity index (χ0v) is 12.9. The summed E-state index contributed by atoms with van der Waals surface area (Å²) in [5, 5.41) is 10.7. The second-order valence-electron chi connectivity index (χ2n) is 5.05. The van der Waals surface area contributed by atoms with Crippen molar-refractivity contribution in [1.82, 2.24) is 4.31 Å². The van der Waals surface area contributed by atoms with Crippen molar-refractivity contribution in [3.63, 3.8) is 0 Å². The number of rotatable bonds is 3. The third-order valence-corrected chi connectivity index (χ3v) is 7.18. The molecule has 2 atom stereocenters. The standard InChI is InChI=1S/C11H17N3O4S2/c1-7-4-3-5-13(8(7)2)20(17,18)10-6-9(14(15)16)11(12)19-10/h6-8H,3-5,12H2,1-2H3. The first-order valence-electron chi connectivity index (χ1n) is 6.30. The smallest absolute Gasteiger partial charge is 0.304 e. The number of sulfonamides is 1. The molecule has 0 amide bonds. The number of hydrogen-bond donors (Lipinski definition) is 1. The number of nitrogen functional groups attached to an aromatic ring is 1. The van der Waals surface area contributed by atoms with E-state index in [0.29, 0.717) is 6.54 Å². The summed E-state index contributed by atoms with van der Waals surface area (Å²) in [7, 11) is -3.71. The van der Waals surface area contributed by atoms with Crippen LogP contribution in [0.2, 0.25) is 0 Å². The molecule has 2 heterocycles. The monoisotopic (exact) mass is 319 g/mol. The lowest BCUT2D eigenvalue weighted by Crippen LogP contribution is -2.45. The van der Waals surface area contributed by atoms with E-state index in [1.807, 2.05) is 13.8 Å². The van der Waals surface area contributed by atoms with Crippen molar-refractivity contribution in [2.45, 2.75) is 36.9 Å². The Hall–Kier alpha value is -1.19. The van der Waals surface area contributed by atoms with Crippen LogP contribution >= 0.6 is 11.3 Å². The van der Waals surface area contributed by atoms with Gasteiger partial charge in [0.05, 0.1) is 4.92 Å². The fourth-order valence-electron chi connectivity index (χ4n) is 2.40. The highest BCUT2D eigenvalue weighted by atomic mass is 32.2. The number of nitro groups is 1. The third kappa shape index (κ3) is 2.52. The van der Waals surface area contributed by atoms with Gasteiger partial charge in [-0.15, -0.1) is 0 Å². The molecule has 2 unspecified atom stereocenters. The van der Waals surface area contributed by atoms with Crippen molar-refractivity contribution in [2.75, 3.05) is 12.3 Å². The van der Waals surface area contributed by atoms with Crippen LogP contribution in [-0.4, -0.2) is 30.2 Å². The van der Waals surface area contributed by atoms with Crippen molar-refractivity contribution < 1.29 is 13.3 Å². The van der Waals surface area contributed by atoms with Gasteiger partial charge in [0.15, 0.2) is 5.00 Å². The molecule has 0 radical (unpaired) electrons. The minimum Gasteiger partial charge on any atom is -0.385 e. The molecule has 1 saturated heterocycles. The predicted molar refractivity (Wildman–Crippen MR) is 77.1 cm³/mol. The minimum atomic E-state index is -3.71. The van der Waals surface area contributed by atoms with Gasteiger partial charge >= 0.3 is 5.69 Å². The van der Waals surface area contributed by atoms with E-state index in [2.05, 4.69) is 0 Å². The number of nitrogens with two attached hydrogens (primary N) is 1. The molecular weight excluding hydrogens is 302 g/mol. The first-order valence-corrected chi connectivity index (χ1v) is 8.56. The average molecular weight is 319 g/mol. The fourth-order valence-corrected chi connectivity index (χ4v) is 5.50. The fraction of sp³-hybridized carbons (Fsp3) is 0.636. The van der Waals surface area contributed by atoms with E-state index in [4.69, 9.17) is 5.73 Å². The molecule has 1 fully saturated rings. The van der Waals surface area contributed by atoms with Crippen molar-refractivity contribution in [3.05, 3.63) is 16.2 Å². The summed E-state index contributed by atoms with van der Waals surface area (Å²) in [6.45, 7) is 4.32. The highest BCUT2D eigenvalue weighted by Crippen LogP contribution is 2.38. The first kappa shape index (κ1) is 15.2. The molecule has 2 rings (SSSR count). The molecule has 0 bridgehead atoms. The lowest BCUT2D eigenvalue weighted by atomic mass is 9.94. The maximum atomic E-state index is 12.6. The van der Waals surface area contributed by atoms with Gasteiger partial charge in [-0.05, 0) is 25.7 Å². The maximum absolute atomic E-state index is 12.6. The Morgan fingerprint density at radius 1 is 1.50 bits per heavy atom. The Morgan fingerprint density at radius 3 is 2.70 bits per heavy atom. The van der Waals surface area contributed by atoms with Crippen LogP contribution in [0.1, 0.15) is 26.7 Å². The Balaban J connectivity index is 2.40. The average Bonchev–Trinajstić information content (AvgIpc) is 2.75. The zero-order chi connectivity index (χ0) is 15.1. The van der Waals surface area contributed by atoms with E-state index < -0.39 is 14.9 Å². The number of nitrogens with zero attached hydrogens (tertiary/aromatic N) is 2. The number of piperidine rings is 1. The summed E-state index contributed by atoms with van der Waals surface area (Å²) in [5.41, 5.74) is 5.18. The second-order valence-corrected chi connectivity index (χ2v) is 8.25. The SMILES string of the molecule is CC1CCCN(S(=O)(=O)c2cc([N+](=O)[O-])c(N)s2)C1C. The molecule has 9 heteroatoms. The maximum Gasteiger partial charge on any atom is 0.304 e. The molecule has 0 spiro atoms. The summed E-state index contributed by atoms with van der Waals surface area (Å²) in [6, 6.07) is 0.942. The molecule has 20 heavy (non-hydrogen) atoms. The van der Waals surface area contributed by atoms with Crippen molar-refractivity contribution in [3.8, 4) is 0 Å². The van der Waals surface area contributed by atoms with Crippen LogP contribution in [0.3, 0.4) is 0 Å². The van der Waals surface area contributed by atoms with Gasteiger partial charge in [0, 0.05) is 18.7 Å². The van der Waals surface area contributed by atoms with Gasteiger partial charge in [-0.2, -0.15) is 4.31 Å². The number of anilines is 1. The molecule has 1 aliphatic rings. The lowest BCUT2D eigenvalue weighted by molar-refractivity contribution is -0.383. The van der Waals surface area contributed by atoms with Crippen LogP contribution < -0.4 is 5.73 Å². The summed E-state index contributed by atoms with van der Waals surface area (Å²) in [5.74, 6) is 0.269. The van der Waals surface area contributed by atoms with Gasteiger partial charge in [0.2, 0.25) is 0 Å². The Kier molecular flexibility index (Phi) is 4.03. The Bertz CT molecular complexity index is 626. The molecule has 0 aromatic carbocycles. The molecule has 0 aliphatic carbocycles. The van der Waals surface area contributed by atoms with Gasteiger partial charge in [-0.25, -0.2) is 8.42 Å². The lowest BCUT2D eigenvalue weighted by Gasteiger charge is -2.36. The van der Waals surface area contributed by atoms with Crippen LogP contribution in [-0.2, 0) is 10.0 Å². The first-order chi connectivity index (χ1) is 9.25. The second kappa shape index (κ2) is 5.30. The molecule has 7 nitrogen and oxygen atoms in total. The van der Waals surface area contributed by atoms with Gasteiger partial charge in [-0.1, -0.05) is 18.3 Å². The summed E-state index contributed by atoms with van der Waals surface area (Å²) in [4.78, 5) is 10.1. The Morgan fingerprint density at radius 2 is 2.15 bits per heavy atom. The predicted octanol–water partition coefficient (Wildman–Crippen LogP) is 2.05. The van der Waals surface area contributed by atoms with Gasteiger partial charge in [0.25, 0.3) is 10.0 Å². The van der Waals surface area contributed by atoms with Crippen LogP contribution in [0.25, 0.3) is 0 Å². The highest BCUT2D eigenvalue weighted by molar-refractivity contribution is 7.91.